The molecule has 0 aromatic heterocycles. The Morgan fingerprint density at radius 3 is 2.48 bits per heavy atom. The van der Waals surface area contributed by atoms with Gasteiger partial charge in [0.1, 0.15) is 11.6 Å². The molecule has 0 radical (unpaired) electrons. The van der Waals surface area contributed by atoms with Crippen molar-refractivity contribution in [1.29, 1.82) is 0 Å². The zero-order valence-electron chi connectivity index (χ0n) is 12.1. The average Bonchev–Trinajstić information content (AvgIpc) is 2.44. The highest BCUT2D eigenvalue weighted by Gasteiger charge is 2.14. The maximum atomic E-state index is 13.2. The highest BCUT2D eigenvalue weighted by molar-refractivity contribution is 5.55. The van der Waals surface area contributed by atoms with Gasteiger partial charge in [0.2, 0.25) is 0 Å². The third-order valence-corrected chi connectivity index (χ3v) is 4.04. The van der Waals surface area contributed by atoms with E-state index in [1.54, 1.807) is 0 Å². The van der Waals surface area contributed by atoms with Crippen LogP contribution in [0.4, 0.5) is 14.5 Å². The molecule has 110 valence electrons. The number of hydrogen-bond donors (Lipinski definition) is 1. The van der Waals surface area contributed by atoms with E-state index in [2.05, 4.69) is 30.4 Å². The van der Waals surface area contributed by atoms with E-state index in [0.717, 1.165) is 25.3 Å². The molecule has 21 heavy (non-hydrogen) atoms. The Bertz CT molecular complexity index is 631. The number of hydrogen-bond acceptors (Lipinski definition) is 1. The van der Waals surface area contributed by atoms with Crippen molar-refractivity contribution in [2.24, 2.45) is 0 Å². The van der Waals surface area contributed by atoms with Crippen LogP contribution in [0.2, 0.25) is 0 Å². The van der Waals surface area contributed by atoms with E-state index >= 15 is 0 Å². The van der Waals surface area contributed by atoms with E-state index in [1.807, 2.05) is 0 Å². The number of benzene rings is 2. The van der Waals surface area contributed by atoms with Crippen LogP contribution in [0, 0.1) is 11.6 Å². The maximum Gasteiger partial charge on any atom is 0.126 e. The molecule has 1 N–H and O–H groups in total. The predicted molar refractivity (Wildman–Crippen MR) is 81.6 cm³/mol. The normalized spacial score (nSPS) is 17.2. The number of nitrogens with one attached hydrogen (secondary N) is 1. The van der Waals surface area contributed by atoms with Gasteiger partial charge in [0.05, 0.1) is 0 Å². The van der Waals surface area contributed by atoms with Gasteiger partial charge < -0.3 is 5.32 Å². The first-order valence-corrected chi connectivity index (χ1v) is 7.43. The van der Waals surface area contributed by atoms with E-state index in [9.17, 15) is 8.78 Å². The summed E-state index contributed by atoms with van der Waals surface area (Å²) in [7, 11) is 0. The van der Waals surface area contributed by atoms with Gasteiger partial charge in [-0.15, -0.1) is 0 Å². The lowest BCUT2D eigenvalue weighted by atomic mass is 9.95. The van der Waals surface area contributed by atoms with Crippen LogP contribution < -0.4 is 5.32 Å². The van der Waals surface area contributed by atoms with Gasteiger partial charge in [-0.1, -0.05) is 12.1 Å². The highest BCUT2D eigenvalue weighted by Crippen LogP contribution is 2.26. The second kappa shape index (κ2) is 5.84. The number of halogens is 2. The minimum absolute atomic E-state index is 0.506. The summed E-state index contributed by atoms with van der Waals surface area (Å²) in [6.07, 6.45) is 3.68. The zero-order chi connectivity index (χ0) is 14.8. The lowest BCUT2D eigenvalue weighted by Gasteiger charge is -2.24. The van der Waals surface area contributed by atoms with Crippen molar-refractivity contribution in [2.45, 2.75) is 38.6 Å². The van der Waals surface area contributed by atoms with Crippen LogP contribution in [0.25, 0.3) is 0 Å². The molecule has 0 spiro atoms. The third-order valence-electron chi connectivity index (χ3n) is 4.04. The van der Waals surface area contributed by atoms with Crippen LogP contribution in [0.1, 0.15) is 30.0 Å². The molecule has 0 aliphatic carbocycles. The molecule has 1 heterocycles. The summed E-state index contributed by atoms with van der Waals surface area (Å²) in [5.74, 6) is -1.01. The zero-order valence-corrected chi connectivity index (χ0v) is 12.1. The molecule has 3 rings (SSSR count). The molecule has 1 nitrogen and oxygen atoms in total. The number of rotatable bonds is 3. The van der Waals surface area contributed by atoms with E-state index in [-0.39, 0.29) is 0 Å². The van der Waals surface area contributed by atoms with E-state index in [0.29, 0.717) is 18.0 Å². The minimum atomic E-state index is -0.506. The van der Waals surface area contributed by atoms with Gasteiger partial charge in [-0.05, 0) is 67.5 Å². The van der Waals surface area contributed by atoms with Gasteiger partial charge in [-0.2, -0.15) is 0 Å². The van der Waals surface area contributed by atoms with E-state index in [4.69, 9.17) is 0 Å². The van der Waals surface area contributed by atoms with Crippen molar-refractivity contribution in [3.63, 3.8) is 0 Å². The van der Waals surface area contributed by atoms with Gasteiger partial charge in [0.25, 0.3) is 0 Å². The van der Waals surface area contributed by atoms with Gasteiger partial charge >= 0.3 is 0 Å². The fraction of sp³-hybridized carbons (Fsp3) is 0.333. The molecule has 0 saturated carbocycles. The molecule has 1 aliphatic rings. The molecule has 0 bridgehead atoms. The second-order valence-corrected chi connectivity index (χ2v) is 5.85. The van der Waals surface area contributed by atoms with Crippen molar-refractivity contribution >= 4 is 5.69 Å². The van der Waals surface area contributed by atoms with Crippen molar-refractivity contribution in [3.05, 3.63) is 64.7 Å². The highest BCUT2D eigenvalue weighted by atomic mass is 19.1. The maximum absolute atomic E-state index is 13.2. The van der Waals surface area contributed by atoms with E-state index in [1.165, 1.54) is 28.9 Å². The third kappa shape index (κ3) is 3.41. The molecule has 0 saturated heterocycles. The number of fused-ring (bicyclic) bond motifs is 1. The Morgan fingerprint density at radius 1 is 1.00 bits per heavy atom. The Hall–Kier alpha value is -1.90. The summed E-state index contributed by atoms with van der Waals surface area (Å²) in [6.45, 7) is 2.19. The smallest absolute Gasteiger partial charge is 0.126 e. The Balaban J connectivity index is 1.71. The van der Waals surface area contributed by atoms with Gasteiger partial charge in [-0.3, -0.25) is 0 Å². The summed E-state index contributed by atoms with van der Waals surface area (Å²) in [5, 5.41) is 3.48. The summed E-state index contributed by atoms with van der Waals surface area (Å²) in [4.78, 5) is 0. The lowest BCUT2D eigenvalue weighted by Crippen LogP contribution is -2.21. The first-order chi connectivity index (χ1) is 10.1. The van der Waals surface area contributed by atoms with Gasteiger partial charge in [0.15, 0.2) is 0 Å². The molecular weight excluding hydrogens is 268 g/mol. The average molecular weight is 287 g/mol. The van der Waals surface area contributed by atoms with Crippen LogP contribution in [-0.4, -0.2) is 6.04 Å². The largest absolute Gasteiger partial charge is 0.382 e. The molecule has 1 aliphatic heterocycles. The van der Waals surface area contributed by atoms with Crippen molar-refractivity contribution in [1.82, 2.24) is 0 Å². The molecule has 1 unspecified atom stereocenters. The van der Waals surface area contributed by atoms with Gasteiger partial charge in [0, 0.05) is 17.8 Å². The standard InChI is InChI=1S/C18H19F2N/c1-12-2-6-15-8-13(5-7-18(15)21-12)3-4-14-9-16(19)11-17(20)10-14/h5,7-12,21H,2-4,6H2,1H3. The predicted octanol–water partition coefficient (Wildman–Crippen LogP) is 4.50. The molecule has 0 amide bonds. The fourth-order valence-electron chi connectivity index (χ4n) is 2.90. The van der Waals surface area contributed by atoms with Crippen LogP contribution in [0.3, 0.4) is 0 Å². The number of aryl methyl sites for hydroxylation is 3. The molecule has 2 aromatic carbocycles. The Labute approximate surface area is 124 Å². The molecule has 1 atom stereocenters. The Morgan fingerprint density at radius 2 is 1.71 bits per heavy atom. The fourth-order valence-corrected chi connectivity index (χ4v) is 2.90. The van der Waals surface area contributed by atoms with Gasteiger partial charge in [-0.25, -0.2) is 8.78 Å². The lowest BCUT2D eigenvalue weighted by molar-refractivity contribution is 0.579. The Kier molecular flexibility index (Phi) is 3.91. The molecule has 0 fully saturated rings. The molecule has 2 aromatic rings. The van der Waals surface area contributed by atoms with Crippen molar-refractivity contribution < 1.29 is 8.78 Å². The van der Waals surface area contributed by atoms with Crippen LogP contribution in [-0.2, 0) is 19.3 Å². The number of anilines is 1. The quantitative estimate of drug-likeness (QED) is 0.876. The minimum Gasteiger partial charge on any atom is -0.382 e. The first-order valence-electron chi connectivity index (χ1n) is 7.43. The van der Waals surface area contributed by atoms with Crippen LogP contribution >= 0.6 is 0 Å². The summed E-state index contributed by atoms with van der Waals surface area (Å²) >= 11 is 0. The van der Waals surface area contributed by atoms with Crippen molar-refractivity contribution in [2.75, 3.05) is 5.32 Å². The molecule has 3 heteroatoms. The summed E-state index contributed by atoms with van der Waals surface area (Å²) in [6, 6.07) is 10.7. The first kappa shape index (κ1) is 14.1. The monoisotopic (exact) mass is 287 g/mol. The molecular formula is C18H19F2N. The van der Waals surface area contributed by atoms with Crippen LogP contribution in [0.15, 0.2) is 36.4 Å². The van der Waals surface area contributed by atoms with E-state index < -0.39 is 11.6 Å². The second-order valence-electron chi connectivity index (χ2n) is 5.85. The summed E-state index contributed by atoms with van der Waals surface area (Å²) in [5.41, 5.74) is 4.48. The van der Waals surface area contributed by atoms with Crippen molar-refractivity contribution in [3.8, 4) is 0 Å². The SMILES string of the molecule is CC1CCc2cc(CCc3cc(F)cc(F)c3)ccc2N1. The summed E-state index contributed by atoms with van der Waals surface area (Å²) < 4.78 is 26.3. The topological polar surface area (TPSA) is 12.0 Å². The van der Waals surface area contributed by atoms with Crippen LogP contribution in [0.5, 0.6) is 0 Å².